The highest BCUT2D eigenvalue weighted by molar-refractivity contribution is 9.11. The number of carbonyl (C=O) groups excluding carboxylic acids is 3. The van der Waals surface area contributed by atoms with Crippen molar-refractivity contribution in [3.8, 4) is 0 Å². The van der Waals surface area contributed by atoms with Gasteiger partial charge in [0.15, 0.2) is 0 Å². The maximum absolute atomic E-state index is 12.6. The van der Waals surface area contributed by atoms with Gasteiger partial charge in [0.05, 0.1) is 3.79 Å². The van der Waals surface area contributed by atoms with Crippen LogP contribution >= 0.6 is 27.3 Å². The molecule has 2 aliphatic rings. The third-order valence-corrected chi connectivity index (χ3v) is 5.91. The number of hydrogen-bond donors (Lipinski definition) is 1. The van der Waals surface area contributed by atoms with Crippen molar-refractivity contribution in [2.24, 2.45) is 5.41 Å². The van der Waals surface area contributed by atoms with Gasteiger partial charge < -0.3 is 0 Å². The zero-order valence-corrected chi connectivity index (χ0v) is 13.8. The van der Waals surface area contributed by atoms with Crippen molar-refractivity contribution in [1.29, 1.82) is 0 Å². The highest BCUT2D eigenvalue weighted by atomic mass is 79.9. The van der Waals surface area contributed by atoms with Crippen LogP contribution in [0.25, 0.3) is 0 Å². The Morgan fingerprint density at radius 3 is 2.57 bits per heavy atom. The van der Waals surface area contributed by atoms with Gasteiger partial charge in [-0.1, -0.05) is 12.8 Å². The number of nitrogens with one attached hydrogen (secondary N) is 1. The minimum absolute atomic E-state index is 0.312. The van der Waals surface area contributed by atoms with Crippen molar-refractivity contribution in [1.82, 2.24) is 10.2 Å². The Morgan fingerprint density at radius 1 is 1.24 bits per heavy atom. The molecule has 0 aromatic carbocycles. The molecule has 1 N–H and O–H groups in total. The standard InChI is InChI=1S/C14H15BrN2O3S/c15-10-4-3-9(21-10)5-8-17-12(19)14(6-1-2-7-14)11(18)16-13(17)20/h3-4H,1-2,5-8H2,(H,16,18,20). The Hall–Kier alpha value is -1.21. The number of barbiturate groups is 1. The molecule has 1 saturated carbocycles. The molecule has 0 bridgehead atoms. The number of rotatable bonds is 3. The molecule has 7 heteroatoms. The Morgan fingerprint density at radius 2 is 1.95 bits per heavy atom. The molecular weight excluding hydrogens is 356 g/mol. The number of urea groups is 1. The maximum atomic E-state index is 12.6. The zero-order chi connectivity index (χ0) is 15.0. The van der Waals surface area contributed by atoms with Crippen LogP contribution in [0, 0.1) is 5.41 Å². The van der Waals surface area contributed by atoms with Crippen LogP contribution in [-0.4, -0.2) is 29.3 Å². The van der Waals surface area contributed by atoms with E-state index in [-0.39, 0.29) is 5.91 Å². The van der Waals surface area contributed by atoms with Crippen molar-refractivity contribution < 1.29 is 14.4 Å². The molecule has 1 saturated heterocycles. The lowest BCUT2D eigenvalue weighted by atomic mass is 9.82. The Kier molecular flexibility index (Phi) is 3.88. The van der Waals surface area contributed by atoms with Gasteiger partial charge in [0.2, 0.25) is 11.8 Å². The summed E-state index contributed by atoms with van der Waals surface area (Å²) in [5.74, 6) is -0.727. The van der Waals surface area contributed by atoms with Crippen molar-refractivity contribution in [3.05, 3.63) is 20.8 Å². The van der Waals surface area contributed by atoms with E-state index in [1.165, 1.54) is 4.90 Å². The van der Waals surface area contributed by atoms with Crippen LogP contribution in [0.2, 0.25) is 0 Å². The summed E-state index contributed by atoms with van der Waals surface area (Å²) in [6.45, 7) is 0.312. The van der Waals surface area contributed by atoms with E-state index >= 15 is 0 Å². The van der Waals surface area contributed by atoms with Gasteiger partial charge in [0.1, 0.15) is 5.41 Å². The van der Waals surface area contributed by atoms with Crippen LogP contribution in [0.3, 0.4) is 0 Å². The van der Waals surface area contributed by atoms with E-state index in [0.717, 1.165) is 21.5 Å². The molecule has 1 aromatic heterocycles. The summed E-state index contributed by atoms with van der Waals surface area (Å²) in [7, 11) is 0. The second-order valence-corrected chi connectivity index (χ2v) is 8.01. The summed E-state index contributed by atoms with van der Waals surface area (Å²) >= 11 is 4.98. The molecule has 3 rings (SSSR count). The molecule has 0 radical (unpaired) electrons. The smallest absolute Gasteiger partial charge is 0.277 e. The van der Waals surface area contributed by atoms with Crippen molar-refractivity contribution in [3.63, 3.8) is 0 Å². The summed E-state index contributed by atoms with van der Waals surface area (Å²) in [5, 5.41) is 2.36. The predicted molar refractivity (Wildman–Crippen MR) is 81.9 cm³/mol. The van der Waals surface area contributed by atoms with Gasteiger partial charge in [-0.15, -0.1) is 11.3 Å². The highest BCUT2D eigenvalue weighted by Crippen LogP contribution is 2.41. The topological polar surface area (TPSA) is 66.5 Å². The van der Waals surface area contributed by atoms with Gasteiger partial charge in [0, 0.05) is 17.8 Å². The first kappa shape index (κ1) is 14.7. The molecule has 1 aliphatic carbocycles. The number of imide groups is 2. The predicted octanol–water partition coefficient (Wildman–Crippen LogP) is 2.69. The SMILES string of the molecule is O=C1NC(=O)C2(CCCC2)C(=O)N1CCc1ccc(Br)s1. The van der Waals surface area contributed by atoms with Crippen molar-refractivity contribution >= 4 is 45.1 Å². The van der Waals surface area contributed by atoms with E-state index in [9.17, 15) is 14.4 Å². The van der Waals surface area contributed by atoms with E-state index in [2.05, 4.69) is 21.2 Å². The Bertz CT molecular complexity index is 607. The molecule has 112 valence electrons. The van der Waals surface area contributed by atoms with E-state index in [1.807, 2.05) is 12.1 Å². The summed E-state index contributed by atoms with van der Waals surface area (Å²) in [5.41, 5.74) is -0.996. The largest absolute Gasteiger partial charge is 0.330 e. The maximum Gasteiger partial charge on any atom is 0.330 e. The molecule has 1 aromatic rings. The van der Waals surface area contributed by atoms with Gasteiger partial charge in [-0.05, 0) is 40.9 Å². The molecule has 4 amide bonds. The van der Waals surface area contributed by atoms with Gasteiger partial charge in [-0.2, -0.15) is 0 Å². The first-order valence-corrected chi connectivity index (χ1v) is 8.55. The third-order valence-electron chi connectivity index (χ3n) is 4.22. The average Bonchev–Trinajstić information content (AvgIpc) is 3.07. The van der Waals surface area contributed by atoms with Gasteiger partial charge in [-0.25, -0.2) is 4.79 Å². The quantitative estimate of drug-likeness (QED) is 0.831. The summed E-state index contributed by atoms with van der Waals surface area (Å²) in [4.78, 5) is 39.0. The minimum atomic E-state index is -0.996. The minimum Gasteiger partial charge on any atom is -0.277 e. The zero-order valence-electron chi connectivity index (χ0n) is 11.4. The Balaban J connectivity index is 1.75. The fourth-order valence-electron chi connectivity index (χ4n) is 3.06. The van der Waals surface area contributed by atoms with E-state index in [0.29, 0.717) is 25.8 Å². The second kappa shape index (κ2) is 5.53. The number of hydrogen-bond acceptors (Lipinski definition) is 4. The van der Waals surface area contributed by atoms with Crippen LogP contribution < -0.4 is 5.32 Å². The second-order valence-electron chi connectivity index (χ2n) is 5.46. The summed E-state index contributed by atoms with van der Waals surface area (Å²) in [6.07, 6.45) is 3.43. The van der Waals surface area contributed by atoms with Crippen molar-refractivity contribution in [2.75, 3.05) is 6.54 Å². The first-order chi connectivity index (χ1) is 10.0. The lowest BCUT2D eigenvalue weighted by molar-refractivity contribution is -0.151. The van der Waals surface area contributed by atoms with Crippen LogP contribution in [0.5, 0.6) is 0 Å². The number of halogens is 1. The average molecular weight is 371 g/mol. The summed E-state index contributed by atoms with van der Waals surface area (Å²) in [6, 6.07) is 3.33. The number of nitrogens with zero attached hydrogens (tertiary/aromatic N) is 1. The van der Waals surface area contributed by atoms with E-state index < -0.39 is 17.4 Å². The van der Waals surface area contributed by atoms with E-state index in [4.69, 9.17) is 0 Å². The molecular formula is C14H15BrN2O3S. The van der Waals surface area contributed by atoms with Crippen molar-refractivity contribution in [2.45, 2.75) is 32.1 Å². The summed E-state index contributed by atoms with van der Waals surface area (Å²) < 4.78 is 1.02. The van der Waals surface area contributed by atoms with Crippen LogP contribution in [0.15, 0.2) is 15.9 Å². The molecule has 21 heavy (non-hydrogen) atoms. The molecule has 1 aliphatic heterocycles. The van der Waals surface area contributed by atoms with Gasteiger partial charge >= 0.3 is 6.03 Å². The molecule has 2 fully saturated rings. The number of carbonyl (C=O) groups is 3. The normalized spacial score (nSPS) is 21.2. The Labute approximate surface area is 134 Å². The van der Waals surface area contributed by atoms with E-state index in [1.54, 1.807) is 11.3 Å². The van der Waals surface area contributed by atoms with Gasteiger partial charge in [0.25, 0.3) is 0 Å². The molecule has 2 heterocycles. The molecule has 5 nitrogen and oxygen atoms in total. The highest BCUT2D eigenvalue weighted by Gasteiger charge is 2.54. The lowest BCUT2D eigenvalue weighted by Crippen LogP contribution is -2.63. The lowest BCUT2D eigenvalue weighted by Gasteiger charge is -2.36. The number of thiophene rings is 1. The van der Waals surface area contributed by atoms with Gasteiger partial charge in [-0.3, -0.25) is 19.8 Å². The van der Waals surface area contributed by atoms with Crippen LogP contribution in [0.4, 0.5) is 4.79 Å². The number of amides is 4. The fraction of sp³-hybridized carbons (Fsp3) is 0.500. The first-order valence-electron chi connectivity index (χ1n) is 6.94. The van der Waals surface area contributed by atoms with Crippen LogP contribution in [-0.2, 0) is 16.0 Å². The third kappa shape index (κ3) is 2.53. The molecule has 1 spiro atoms. The molecule has 0 atom stereocenters. The monoisotopic (exact) mass is 370 g/mol. The van der Waals surface area contributed by atoms with Crippen LogP contribution in [0.1, 0.15) is 30.6 Å². The molecule has 0 unspecified atom stereocenters. The fourth-order valence-corrected chi connectivity index (χ4v) is 4.53.